The van der Waals surface area contributed by atoms with E-state index in [4.69, 9.17) is 16.3 Å². The standard InChI is InChI=1S/C9H18NO.C6H5ClO3S/c1-10(2,3)7-5-4-6-8-9(7)11-8;7-5-1-3-6(4-2-5)11(8,9)10/h7-9H,4-6H2,1-3H3;1-4H,(H,8,9,10)/q+1;/p-1/t7-,8-,9+;/m1./s1. The van der Waals surface area contributed by atoms with Crippen LogP contribution < -0.4 is 0 Å². The number of hydrogen-bond acceptors (Lipinski definition) is 4. The molecule has 0 radical (unpaired) electrons. The molecule has 0 aromatic heterocycles. The first-order valence-corrected chi connectivity index (χ1v) is 9.06. The Morgan fingerprint density at radius 1 is 1.18 bits per heavy atom. The Balaban J connectivity index is 0.000000160. The number of likely N-dealkylation sites (N-methyl/N-ethyl adjacent to an activating group) is 1. The zero-order chi connectivity index (χ0) is 16.5. The van der Waals surface area contributed by atoms with Crippen molar-refractivity contribution in [1.82, 2.24) is 0 Å². The third-order valence-electron chi connectivity index (χ3n) is 4.09. The van der Waals surface area contributed by atoms with Gasteiger partial charge in [0.05, 0.1) is 32.1 Å². The van der Waals surface area contributed by atoms with E-state index in [0.717, 1.165) is 10.5 Å². The minimum Gasteiger partial charge on any atom is -0.744 e. The van der Waals surface area contributed by atoms with Crippen molar-refractivity contribution in [3.63, 3.8) is 0 Å². The molecule has 1 aliphatic heterocycles. The van der Waals surface area contributed by atoms with Crippen molar-refractivity contribution in [3.05, 3.63) is 29.3 Å². The summed E-state index contributed by atoms with van der Waals surface area (Å²) >= 11 is 5.46. The monoisotopic (exact) mass is 347 g/mol. The average Bonchev–Trinajstić information content (AvgIpc) is 3.16. The summed E-state index contributed by atoms with van der Waals surface area (Å²) in [6.45, 7) is 0. The molecule has 1 heterocycles. The Morgan fingerprint density at radius 2 is 1.77 bits per heavy atom. The molecule has 3 atom stereocenters. The second-order valence-corrected chi connectivity index (χ2v) is 8.48. The molecule has 0 amide bonds. The zero-order valence-electron chi connectivity index (χ0n) is 13.0. The van der Waals surface area contributed by atoms with Crippen LogP contribution in [-0.2, 0) is 14.9 Å². The van der Waals surface area contributed by atoms with E-state index in [1.807, 2.05) is 0 Å². The summed E-state index contributed by atoms with van der Waals surface area (Å²) in [6.07, 6.45) is 5.25. The van der Waals surface area contributed by atoms with Crippen LogP contribution in [0.5, 0.6) is 0 Å². The quantitative estimate of drug-likeness (QED) is 0.467. The second kappa shape index (κ2) is 6.45. The molecule has 1 aliphatic carbocycles. The number of quaternary nitrogens is 1. The molecule has 1 aromatic rings. The highest BCUT2D eigenvalue weighted by Gasteiger charge is 2.52. The van der Waals surface area contributed by atoms with Gasteiger partial charge in [-0.05, 0) is 37.1 Å². The van der Waals surface area contributed by atoms with Crippen LogP contribution in [0, 0.1) is 0 Å². The number of rotatable bonds is 2. The van der Waals surface area contributed by atoms with Crippen molar-refractivity contribution in [2.75, 3.05) is 21.1 Å². The van der Waals surface area contributed by atoms with Crippen molar-refractivity contribution in [2.45, 2.75) is 42.4 Å². The molecule has 1 saturated heterocycles. The van der Waals surface area contributed by atoms with E-state index in [1.165, 1.54) is 43.5 Å². The maximum atomic E-state index is 10.3. The largest absolute Gasteiger partial charge is 0.744 e. The molecule has 2 aliphatic rings. The van der Waals surface area contributed by atoms with Crippen molar-refractivity contribution in [3.8, 4) is 0 Å². The maximum Gasteiger partial charge on any atom is 0.136 e. The van der Waals surface area contributed by atoms with E-state index in [2.05, 4.69) is 21.1 Å². The lowest BCUT2D eigenvalue weighted by molar-refractivity contribution is -0.897. The third kappa shape index (κ3) is 4.67. The fourth-order valence-electron chi connectivity index (χ4n) is 2.85. The average molecular weight is 348 g/mol. The first-order valence-electron chi connectivity index (χ1n) is 7.27. The Kier molecular flexibility index (Phi) is 5.19. The van der Waals surface area contributed by atoms with E-state index in [0.29, 0.717) is 17.2 Å². The van der Waals surface area contributed by atoms with Gasteiger partial charge in [-0.1, -0.05) is 11.6 Å². The van der Waals surface area contributed by atoms with Gasteiger partial charge in [-0.25, -0.2) is 8.42 Å². The minimum atomic E-state index is -4.33. The number of halogens is 1. The van der Waals surface area contributed by atoms with Crippen LogP contribution >= 0.6 is 11.6 Å². The summed E-state index contributed by atoms with van der Waals surface area (Å²) in [5, 5.41) is 0.400. The van der Waals surface area contributed by atoms with Gasteiger partial charge in [0.25, 0.3) is 0 Å². The lowest BCUT2D eigenvalue weighted by Gasteiger charge is -2.34. The number of nitrogens with zero attached hydrogens (tertiary/aromatic N) is 1. The van der Waals surface area contributed by atoms with Gasteiger partial charge in [0.15, 0.2) is 0 Å². The van der Waals surface area contributed by atoms with E-state index in [9.17, 15) is 13.0 Å². The second-order valence-electron chi connectivity index (χ2n) is 6.66. The van der Waals surface area contributed by atoms with Crippen LogP contribution in [0.4, 0.5) is 0 Å². The van der Waals surface area contributed by atoms with Gasteiger partial charge in [-0.3, -0.25) is 0 Å². The van der Waals surface area contributed by atoms with E-state index in [-0.39, 0.29) is 4.90 Å². The highest BCUT2D eigenvalue weighted by Crippen LogP contribution is 2.39. The van der Waals surface area contributed by atoms with Gasteiger partial charge >= 0.3 is 0 Å². The van der Waals surface area contributed by atoms with Crippen molar-refractivity contribution >= 4 is 21.7 Å². The lowest BCUT2D eigenvalue weighted by atomic mass is 9.94. The van der Waals surface area contributed by atoms with E-state index >= 15 is 0 Å². The fraction of sp³-hybridized carbons (Fsp3) is 0.600. The summed E-state index contributed by atoms with van der Waals surface area (Å²) in [7, 11) is 2.49. The van der Waals surface area contributed by atoms with Gasteiger partial charge in [0.2, 0.25) is 0 Å². The Labute approximate surface area is 137 Å². The van der Waals surface area contributed by atoms with Crippen LogP contribution in [0.3, 0.4) is 0 Å². The first-order chi connectivity index (χ1) is 10.1. The first kappa shape index (κ1) is 17.7. The number of epoxide rings is 1. The highest BCUT2D eigenvalue weighted by molar-refractivity contribution is 7.85. The summed E-state index contributed by atoms with van der Waals surface area (Å²) in [6, 6.07) is 5.81. The van der Waals surface area contributed by atoms with Gasteiger partial charge in [0, 0.05) is 11.4 Å². The highest BCUT2D eigenvalue weighted by atomic mass is 35.5. The van der Waals surface area contributed by atoms with Crippen LogP contribution in [0.15, 0.2) is 29.2 Å². The number of fused-ring (bicyclic) bond motifs is 1. The predicted molar refractivity (Wildman–Crippen MR) is 83.7 cm³/mol. The number of ether oxygens (including phenoxy) is 1. The zero-order valence-corrected chi connectivity index (χ0v) is 14.6. The SMILES string of the molecule is C[N+](C)(C)[C@@H]1CCC[C@H]2O[C@@H]12.O=S(=O)([O-])c1ccc(Cl)cc1. The van der Waals surface area contributed by atoms with Crippen molar-refractivity contribution in [2.24, 2.45) is 0 Å². The van der Waals surface area contributed by atoms with Crippen LogP contribution in [0.2, 0.25) is 5.02 Å². The molecular formula is C15H22ClNO4S. The molecule has 2 fully saturated rings. The molecule has 0 spiro atoms. The molecule has 124 valence electrons. The maximum absolute atomic E-state index is 10.3. The van der Waals surface area contributed by atoms with Crippen LogP contribution in [0.25, 0.3) is 0 Å². The summed E-state index contributed by atoms with van der Waals surface area (Å²) in [5.41, 5.74) is 0. The van der Waals surface area contributed by atoms with Crippen LogP contribution in [-0.4, -0.2) is 56.8 Å². The Bertz CT molecular complexity index is 609. The van der Waals surface area contributed by atoms with Crippen LogP contribution in [0.1, 0.15) is 19.3 Å². The number of hydrogen-bond donors (Lipinski definition) is 0. The molecule has 7 heteroatoms. The topological polar surface area (TPSA) is 69.7 Å². The molecule has 5 nitrogen and oxygen atoms in total. The minimum absolute atomic E-state index is 0.262. The van der Waals surface area contributed by atoms with E-state index in [1.54, 1.807) is 0 Å². The lowest BCUT2D eigenvalue weighted by Crippen LogP contribution is -2.49. The normalized spacial score (nSPS) is 27.4. The summed E-state index contributed by atoms with van der Waals surface area (Å²) in [4.78, 5) is -0.262. The predicted octanol–water partition coefficient (Wildman–Crippen LogP) is 2.26. The Hall–Kier alpha value is -0.660. The van der Waals surface area contributed by atoms with Gasteiger partial charge < -0.3 is 13.8 Å². The van der Waals surface area contributed by atoms with E-state index < -0.39 is 10.1 Å². The molecule has 0 N–H and O–H groups in total. The molecule has 0 bridgehead atoms. The fourth-order valence-corrected chi connectivity index (χ4v) is 3.44. The molecular weight excluding hydrogens is 326 g/mol. The van der Waals surface area contributed by atoms with Gasteiger partial charge in [-0.15, -0.1) is 0 Å². The molecule has 1 aromatic carbocycles. The molecule has 1 saturated carbocycles. The molecule has 0 unspecified atom stereocenters. The third-order valence-corrected chi connectivity index (χ3v) is 5.19. The Morgan fingerprint density at radius 3 is 2.23 bits per heavy atom. The summed E-state index contributed by atoms with van der Waals surface area (Å²) in [5.74, 6) is 0. The van der Waals surface area contributed by atoms with Gasteiger partial charge in [0.1, 0.15) is 22.3 Å². The number of benzene rings is 1. The van der Waals surface area contributed by atoms with Gasteiger partial charge in [-0.2, -0.15) is 0 Å². The van der Waals surface area contributed by atoms with Crippen molar-refractivity contribution < 1.29 is 22.2 Å². The molecule has 3 rings (SSSR count). The smallest absolute Gasteiger partial charge is 0.136 e. The van der Waals surface area contributed by atoms with Crippen molar-refractivity contribution in [1.29, 1.82) is 0 Å². The summed E-state index contributed by atoms with van der Waals surface area (Å²) < 4.78 is 37.7. The molecule has 22 heavy (non-hydrogen) atoms.